The molecule has 0 rings (SSSR count). The molecule has 0 spiro atoms. The lowest BCUT2D eigenvalue weighted by Gasteiger charge is -1.99. The first kappa shape index (κ1) is 11.1. The molecule has 0 saturated carbocycles. The van der Waals surface area contributed by atoms with Gasteiger partial charge in [-0.25, -0.2) is 4.79 Å². The van der Waals surface area contributed by atoms with Crippen molar-refractivity contribution in [3.63, 3.8) is 0 Å². The Labute approximate surface area is 71.0 Å². The molecule has 5 nitrogen and oxygen atoms in total. The van der Waals surface area contributed by atoms with Crippen LogP contribution in [0.1, 0.15) is 13.3 Å². The number of hydrogen-bond acceptors (Lipinski definition) is 5. The summed E-state index contributed by atoms with van der Waals surface area (Å²) >= 11 is 0. The van der Waals surface area contributed by atoms with Crippen LogP contribution in [0.5, 0.6) is 0 Å². The van der Waals surface area contributed by atoms with Crippen LogP contribution < -0.4 is 0 Å². The van der Waals surface area contributed by atoms with E-state index in [9.17, 15) is 13.2 Å². The molecule has 0 aromatic carbocycles. The first-order valence-corrected chi connectivity index (χ1v) is 4.82. The Balaban J connectivity index is 3.84. The number of carbonyl (C=O) groups is 1. The van der Waals surface area contributed by atoms with E-state index in [0.717, 1.165) is 0 Å². The average molecular weight is 194 g/mol. The van der Waals surface area contributed by atoms with E-state index in [1.165, 1.54) is 13.0 Å². The number of carbonyl (C=O) groups excluding carboxylic acids is 1. The number of rotatable bonds is 5. The molecule has 0 atom stereocenters. The molecule has 0 aliphatic rings. The summed E-state index contributed by atoms with van der Waals surface area (Å²) in [7, 11) is -3.71. The molecule has 0 radical (unpaired) electrons. The van der Waals surface area contributed by atoms with E-state index in [2.05, 4.69) is 15.8 Å². The lowest BCUT2D eigenvalue weighted by Crippen LogP contribution is -2.12. The van der Waals surface area contributed by atoms with Gasteiger partial charge in [-0.1, -0.05) is 10.4 Å². The highest BCUT2D eigenvalue weighted by atomic mass is 32.2. The van der Waals surface area contributed by atoms with Crippen LogP contribution in [-0.4, -0.2) is 20.1 Å². The van der Waals surface area contributed by atoms with Crippen LogP contribution in [0.4, 0.5) is 0 Å². The van der Waals surface area contributed by atoms with Gasteiger partial charge >= 0.3 is 16.1 Å². The second-order valence-electron chi connectivity index (χ2n) is 1.86. The molecule has 0 amide bonds. The molecular formula is C6H10O5S. The lowest BCUT2D eigenvalue weighted by atomic mass is 10.4. The van der Waals surface area contributed by atoms with Crippen molar-refractivity contribution in [3.05, 3.63) is 12.7 Å². The minimum absolute atomic E-state index is 0.0841. The Morgan fingerprint density at radius 2 is 2.17 bits per heavy atom. The maximum atomic E-state index is 10.6. The summed E-state index contributed by atoms with van der Waals surface area (Å²) in [5.41, 5.74) is 0. The lowest BCUT2D eigenvalue weighted by molar-refractivity contribution is -0.210. The molecule has 70 valence electrons. The average Bonchev–Trinajstić information content (AvgIpc) is 2.02. The van der Waals surface area contributed by atoms with Gasteiger partial charge in [0.25, 0.3) is 0 Å². The molecule has 0 unspecified atom stereocenters. The predicted octanol–water partition coefficient (Wildman–Crippen LogP) is 0.387. The Kier molecular flexibility index (Phi) is 4.53. The van der Waals surface area contributed by atoms with E-state index in [0.29, 0.717) is 0 Å². The maximum absolute atomic E-state index is 10.6. The number of hydrogen-bond donors (Lipinski definition) is 0. The van der Waals surface area contributed by atoms with Crippen LogP contribution in [0, 0.1) is 0 Å². The van der Waals surface area contributed by atoms with E-state index in [-0.39, 0.29) is 12.2 Å². The second kappa shape index (κ2) is 4.89. The molecule has 6 heteroatoms. The molecule has 0 fully saturated rings. The van der Waals surface area contributed by atoms with Crippen LogP contribution >= 0.6 is 0 Å². The predicted molar refractivity (Wildman–Crippen MR) is 41.5 cm³/mol. The third-order valence-electron chi connectivity index (χ3n) is 0.895. The molecule has 0 aromatic heterocycles. The van der Waals surface area contributed by atoms with Crippen molar-refractivity contribution in [2.24, 2.45) is 0 Å². The molecule has 12 heavy (non-hydrogen) atoms. The summed E-state index contributed by atoms with van der Waals surface area (Å²) in [4.78, 5) is 14.5. The fourth-order valence-corrected chi connectivity index (χ4v) is 0.566. The van der Waals surface area contributed by atoms with Crippen LogP contribution in [0.3, 0.4) is 0 Å². The quantitative estimate of drug-likeness (QED) is 0.359. The summed E-state index contributed by atoms with van der Waals surface area (Å²) < 4.78 is 25.0. The fraction of sp³-hybridized carbons (Fsp3) is 0.500. The van der Waals surface area contributed by atoms with Crippen LogP contribution in [0.15, 0.2) is 12.7 Å². The first-order valence-electron chi connectivity index (χ1n) is 3.24. The highest BCUT2D eigenvalue weighted by Gasteiger charge is 2.11. The largest absolute Gasteiger partial charge is 0.347 e. The van der Waals surface area contributed by atoms with E-state index in [4.69, 9.17) is 0 Å². The van der Waals surface area contributed by atoms with Gasteiger partial charge in [-0.15, -0.1) is 6.58 Å². The summed E-state index contributed by atoms with van der Waals surface area (Å²) in [5, 5.41) is 0. The third-order valence-corrected chi connectivity index (χ3v) is 1.88. The van der Waals surface area contributed by atoms with Gasteiger partial charge in [-0.05, 0) is 6.92 Å². The Bertz CT molecular complexity index is 253. The first-order chi connectivity index (χ1) is 5.52. The van der Waals surface area contributed by atoms with Crippen LogP contribution in [-0.2, 0) is 24.1 Å². The van der Waals surface area contributed by atoms with Gasteiger partial charge in [-0.2, -0.15) is 8.42 Å². The van der Waals surface area contributed by atoms with Crippen molar-refractivity contribution < 1.29 is 22.4 Å². The van der Waals surface area contributed by atoms with E-state index in [1.807, 2.05) is 0 Å². The molecule has 0 aliphatic heterocycles. The van der Waals surface area contributed by atoms with E-state index in [1.54, 1.807) is 0 Å². The second-order valence-corrected chi connectivity index (χ2v) is 3.69. The minimum atomic E-state index is -3.71. The van der Waals surface area contributed by atoms with Crippen molar-refractivity contribution in [2.75, 3.05) is 5.75 Å². The van der Waals surface area contributed by atoms with Crippen molar-refractivity contribution >= 4 is 16.1 Å². The normalized spacial score (nSPS) is 10.8. The molecule has 0 saturated heterocycles. The summed E-state index contributed by atoms with van der Waals surface area (Å²) in [6.45, 7) is 4.63. The Hall–Kier alpha value is -0.880. The van der Waals surface area contributed by atoms with Crippen molar-refractivity contribution in [1.29, 1.82) is 0 Å². The molecular weight excluding hydrogens is 184 g/mol. The third kappa shape index (κ3) is 4.86. The Morgan fingerprint density at radius 1 is 1.58 bits per heavy atom. The molecule has 0 N–H and O–H groups in total. The monoisotopic (exact) mass is 194 g/mol. The smallest absolute Gasteiger partial charge is 0.281 e. The van der Waals surface area contributed by atoms with E-state index >= 15 is 0 Å². The standard InChI is InChI=1S/C6H10O5S/c1-3-5-6(7)10-11-12(8,9)4-2/h3H,1,4-5H2,2H3. The Morgan fingerprint density at radius 3 is 2.58 bits per heavy atom. The van der Waals surface area contributed by atoms with Crippen molar-refractivity contribution in [2.45, 2.75) is 13.3 Å². The highest BCUT2D eigenvalue weighted by molar-refractivity contribution is 7.86. The highest BCUT2D eigenvalue weighted by Crippen LogP contribution is 1.96. The van der Waals surface area contributed by atoms with Crippen LogP contribution in [0.2, 0.25) is 0 Å². The summed E-state index contributed by atoms with van der Waals surface area (Å²) in [5.74, 6) is -1.03. The van der Waals surface area contributed by atoms with Gasteiger partial charge in [0.1, 0.15) is 0 Å². The topological polar surface area (TPSA) is 69.7 Å². The molecule has 0 bridgehead atoms. The molecule has 0 aromatic rings. The van der Waals surface area contributed by atoms with Gasteiger partial charge in [0.15, 0.2) is 0 Å². The zero-order valence-corrected chi connectivity index (χ0v) is 7.46. The SMILES string of the molecule is C=CCC(=O)OOS(=O)(=O)CC. The van der Waals surface area contributed by atoms with Crippen molar-refractivity contribution in [3.8, 4) is 0 Å². The van der Waals surface area contributed by atoms with Gasteiger partial charge in [0.05, 0.1) is 12.2 Å². The zero-order valence-electron chi connectivity index (χ0n) is 6.65. The molecule has 0 aliphatic carbocycles. The van der Waals surface area contributed by atoms with Gasteiger partial charge in [0, 0.05) is 0 Å². The van der Waals surface area contributed by atoms with Gasteiger partial charge in [-0.3, -0.25) is 4.89 Å². The summed E-state index contributed by atoms with van der Waals surface area (Å²) in [6.07, 6.45) is 1.20. The van der Waals surface area contributed by atoms with Gasteiger partial charge < -0.3 is 0 Å². The van der Waals surface area contributed by atoms with Gasteiger partial charge in [0.2, 0.25) is 0 Å². The summed E-state index contributed by atoms with van der Waals surface area (Å²) in [6, 6.07) is 0. The molecule has 0 heterocycles. The van der Waals surface area contributed by atoms with Crippen LogP contribution in [0.25, 0.3) is 0 Å². The zero-order chi connectivity index (χ0) is 9.61. The van der Waals surface area contributed by atoms with E-state index < -0.39 is 16.1 Å². The fourth-order valence-electron chi connectivity index (χ4n) is 0.290. The van der Waals surface area contributed by atoms with Crippen molar-refractivity contribution in [1.82, 2.24) is 0 Å². The minimum Gasteiger partial charge on any atom is -0.281 e. The maximum Gasteiger partial charge on any atom is 0.347 e.